The van der Waals surface area contributed by atoms with E-state index in [1.807, 2.05) is 45.6 Å². The summed E-state index contributed by atoms with van der Waals surface area (Å²) in [5.41, 5.74) is 2.05. The van der Waals surface area contributed by atoms with E-state index in [-0.39, 0.29) is 29.6 Å². The number of thiophene rings is 1. The van der Waals surface area contributed by atoms with Crippen molar-refractivity contribution >= 4 is 32.9 Å². The molecule has 6 nitrogen and oxygen atoms in total. The van der Waals surface area contributed by atoms with Gasteiger partial charge in [0.25, 0.3) is 5.56 Å². The summed E-state index contributed by atoms with van der Waals surface area (Å²) < 4.78 is 20.6. The lowest BCUT2D eigenvalue weighted by Gasteiger charge is -2.37. The minimum atomic E-state index is -0.282. The normalized spacial score (nSPS) is 20.5. The summed E-state index contributed by atoms with van der Waals surface area (Å²) in [5, 5.41) is 3.90. The standard InChI is InChI=1S/C22H27FN4O2S/c1-11-9-27(10-12(2)29-11)18-7-6-16(8-17(18)23)24-14(4)20-25-21(28)19-13(3)15(5)30-22(19)26-20/h6-8,11-12,14,24H,9-10H2,1-5H3,(H,25,26,28)/t11-,12-,14-/m0/s1. The first kappa shape index (κ1) is 20.8. The smallest absolute Gasteiger partial charge is 0.259 e. The Bertz CT molecular complexity index is 1130. The zero-order valence-electron chi connectivity index (χ0n) is 17.9. The molecule has 0 spiro atoms. The predicted molar refractivity (Wildman–Crippen MR) is 120 cm³/mol. The Hall–Kier alpha value is -2.45. The Kier molecular flexibility index (Phi) is 5.55. The van der Waals surface area contributed by atoms with Gasteiger partial charge in [0.2, 0.25) is 0 Å². The number of nitrogens with one attached hydrogen (secondary N) is 2. The number of hydrogen-bond acceptors (Lipinski definition) is 6. The maximum absolute atomic E-state index is 14.9. The monoisotopic (exact) mass is 430 g/mol. The Balaban J connectivity index is 1.55. The first-order valence-corrected chi connectivity index (χ1v) is 11.0. The number of halogens is 1. The van der Waals surface area contributed by atoms with E-state index in [2.05, 4.69) is 15.3 Å². The van der Waals surface area contributed by atoms with Crippen LogP contribution in [0, 0.1) is 19.7 Å². The average Bonchev–Trinajstić information content (AvgIpc) is 2.95. The molecule has 2 N–H and O–H groups in total. The molecule has 4 rings (SSSR count). The number of nitrogens with zero attached hydrogens (tertiary/aromatic N) is 2. The number of aryl methyl sites for hydroxylation is 2. The summed E-state index contributed by atoms with van der Waals surface area (Å²) in [6.07, 6.45) is 0.127. The van der Waals surface area contributed by atoms with Crippen LogP contribution < -0.4 is 15.8 Å². The summed E-state index contributed by atoms with van der Waals surface area (Å²) in [7, 11) is 0. The maximum Gasteiger partial charge on any atom is 0.259 e. The van der Waals surface area contributed by atoms with Gasteiger partial charge in [0.05, 0.1) is 29.3 Å². The molecule has 0 saturated carbocycles. The fourth-order valence-corrected chi connectivity index (χ4v) is 5.06. The molecule has 1 fully saturated rings. The molecule has 2 aromatic heterocycles. The summed E-state index contributed by atoms with van der Waals surface area (Å²) in [5.74, 6) is 0.254. The molecule has 1 aliphatic heterocycles. The highest BCUT2D eigenvalue weighted by Gasteiger charge is 2.24. The van der Waals surface area contributed by atoms with Crippen molar-refractivity contribution in [3.8, 4) is 0 Å². The molecule has 1 aromatic carbocycles. The topological polar surface area (TPSA) is 70.2 Å². The number of benzene rings is 1. The number of rotatable bonds is 4. The zero-order chi connectivity index (χ0) is 21.6. The molecule has 3 aromatic rings. The van der Waals surface area contributed by atoms with Crippen LogP contribution in [0.1, 0.15) is 43.1 Å². The lowest BCUT2D eigenvalue weighted by molar-refractivity contribution is -0.00539. The van der Waals surface area contributed by atoms with Crippen molar-refractivity contribution in [2.75, 3.05) is 23.3 Å². The predicted octanol–water partition coefficient (Wildman–Crippen LogP) is 4.53. The molecule has 3 atom stereocenters. The number of anilines is 2. The Morgan fingerprint density at radius 3 is 2.67 bits per heavy atom. The number of ether oxygens (including phenoxy) is 1. The number of aromatic amines is 1. The van der Waals surface area contributed by atoms with Gasteiger partial charge in [-0.05, 0) is 58.4 Å². The number of morpholine rings is 1. The second-order valence-corrected chi connectivity index (χ2v) is 9.31. The molecule has 30 heavy (non-hydrogen) atoms. The molecular formula is C22H27FN4O2S. The first-order chi connectivity index (χ1) is 14.2. The third-order valence-corrected chi connectivity index (χ3v) is 6.66. The van der Waals surface area contributed by atoms with Crippen LogP contribution in [0.3, 0.4) is 0 Å². The molecule has 3 heterocycles. The van der Waals surface area contributed by atoms with Crippen molar-refractivity contribution in [3.63, 3.8) is 0 Å². The highest BCUT2D eigenvalue weighted by atomic mass is 32.1. The second-order valence-electron chi connectivity index (χ2n) is 8.11. The molecule has 0 radical (unpaired) electrons. The van der Waals surface area contributed by atoms with E-state index < -0.39 is 0 Å². The second kappa shape index (κ2) is 8.00. The fraction of sp³-hybridized carbons (Fsp3) is 0.455. The zero-order valence-corrected chi connectivity index (χ0v) is 18.7. The van der Waals surface area contributed by atoms with Gasteiger partial charge in [0.15, 0.2) is 0 Å². The van der Waals surface area contributed by atoms with Crippen LogP contribution in [0.4, 0.5) is 15.8 Å². The minimum Gasteiger partial charge on any atom is -0.375 e. The fourth-order valence-electron chi connectivity index (χ4n) is 4.02. The van der Waals surface area contributed by atoms with Crippen LogP contribution in [0.25, 0.3) is 10.2 Å². The maximum atomic E-state index is 14.9. The Morgan fingerprint density at radius 1 is 1.30 bits per heavy atom. The number of hydrogen-bond donors (Lipinski definition) is 2. The van der Waals surface area contributed by atoms with Crippen molar-refractivity contribution in [3.05, 3.63) is 50.6 Å². The van der Waals surface area contributed by atoms with Gasteiger partial charge in [-0.15, -0.1) is 11.3 Å². The van der Waals surface area contributed by atoms with E-state index in [0.717, 1.165) is 15.3 Å². The lowest BCUT2D eigenvalue weighted by Crippen LogP contribution is -2.45. The number of fused-ring (bicyclic) bond motifs is 1. The van der Waals surface area contributed by atoms with Crippen LogP contribution in [-0.2, 0) is 4.74 Å². The van der Waals surface area contributed by atoms with Gasteiger partial charge in [-0.2, -0.15) is 0 Å². The molecule has 0 bridgehead atoms. The third kappa shape index (κ3) is 3.94. The molecule has 160 valence electrons. The van der Waals surface area contributed by atoms with E-state index in [9.17, 15) is 9.18 Å². The van der Waals surface area contributed by atoms with Crippen LogP contribution in [0.2, 0.25) is 0 Å². The van der Waals surface area contributed by atoms with Crippen LogP contribution in [0.5, 0.6) is 0 Å². The third-order valence-electron chi connectivity index (χ3n) is 5.56. The van der Waals surface area contributed by atoms with Crippen molar-refractivity contribution in [1.29, 1.82) is 0 Å². The van der Waals surface area contributed by atoms with Crippen molar-refractivity contribution in [2.24, 2.45) is 0 Å². The molecular weight excluding hydrogens is 403 g/mol. The lowest BCUT2D eigenvalue weighted by atomic mass is 10.1. The molecule has 0 amide bonds. The van der Waals surface area contributed by atoms with Gasteiger partial charge in [0, 0.05) is 23.7 Å². The quantitative estimate of drug-likeness (QED) is 0.637. The molecule has 0 unspecified atom stereocenters. The van der Waals surface area contributed by atoms with Crippen LogP contribution in [0.15, 0.2) is 23.0 Å². The van der Waals surface area contributed by atoms with Crippen molar-refractivity contribution in [1.82, 2.24) is 9.97 Å². The molecule has 1 aliphatic rings. The highest BCUT2D eigenvalue weighted by molar-refractivity contribution is 7.18. The summed E-state index contributed by atoms with van der Waals surface area (Å²) in [6.45, 7) is 11.1. The van der Waals surface area contributed by atoms with Crippen molar-refractivity contribution < 1.29 is 9.13 Å². The van der Waals surface area contributed by atoms with E-state index >= 15 is 0 Å². The molecule has 8 heteroatoms. The van der Waals surface area contributed by atoms with E-state index in [0.29, 0.717) is 35.7 Å². The van der Waals surface area contributed by atoms with E-state index in [1.165, 1.54) is 17.4 Å². The van der Waals surface area contributed by atoms with Crippen LogP contribution >= 0.6 is 11.3 Å². The largest absolute Gasteiger partial charge is 0.375 e. The van der Waals surface area contributed by atoms with Gasteiger partial charge in [-0.3, -0.25) is 4.79 Å². The average molecular weight is 431 g/mol. The van der Waals surface area contributed by atoms with E-state index in [4.69, 9.17) is 4.74 Å². The number of aromatic nitrogens is 2. The van der Waals surface area contributed by atoms with Gasteiger partial charge in [-0.1, -0.05) is 0 Å². The number of H-pyrrole nitrogens is 1. The first-order valence-electron chi connectivity index (χ1n) is 10.2. The molecule has 0 aliphatic carbocycles. The minimum absolute atomic E-state index is 0.0633. The summed E-state index contributed by atoms with van der Waals surface area (Å²) in [6, 6.07) is 4.86. The highest BCUT2D eigenvalue weighted by Crippen LogP contribution is 2.29. The Labute approximate surface area is 179 Å². The Morgan fingerprint density at radius 2 is 2.00 bits per heavy atom. The SMILES string of the molecule is Cc1sc2nc([C@H](C)Nc3ccc(N4C[C@H](C)O[C@@H](C)C4)c(F)c3)[nH]c(=O)c2c1C. The van der Waals surface area contributed by atoms with Crippen LogP contribution in [-0.4, -0.2) is 35.3 Å². The van der Waals surface area contributed by atoms with Gasteiger partial charge in [-0.25, -0.2) is 9.37 Å². The summed E-state index contributed by atoms with van der Waals surface area (Å²) >= 11 is 1.52. The van der Waals surface area contributed by atoms with Gasteiger partial charge in [0.1, 0.15) is 16.5 Å². The molecule has 1 saturated heterocycles. The van der Waals surface area contributed by atoms with Crippen molar-refractivity contribution in [2.45, 2.75) is 52.9 Å². The van der Waals surface area contributed by atoms with Gasteiger partial charge < -0.3 is 19.9 Å². The summed E-state index contributed by atoms with van der Waals surface area (Å²) in [4.78, 5) is 23.9. The van der Waals surface area contributed by atoms with Gasteiger partial charge >= 0.3 is 0 Å². The van der Waals surface area contributed by atoms with E-state index in [1.54, 1.807) is 6.07 Å².